The highest BCUT2D eigenvalue weighted by Crippen LogP contribution is 2.66. The predicted molar refractivity (Wildman–Crippen MR) is 117 cm³/mol. The Morgan fingerprint density at radius 1 is 1.18 bits per heavy atom. The number of nitrogens with zero attached hydrogens (tertiary/aromatic N) is 3. The van der Waals surface area contributed by atoms with Gasteiger partial charge in [-0.1, -0.05) is 0 Å². The molecule has 2 atom stereocenters. The number of amides is 1. The van der Waals surface area contributed by atoms with Crippen LogP contribution in [-0.4, -0.2) is 50.1 Å². The summed E-state index contributed by atoms with van der Waals surface area (Å²) in [6, 6.07) is 4.32. The lowest BCUT2D eigenvalue weighted by atomic mass is 9.89. The van der Waals surface area contributed by atoms with Crippen LogP contribution >= 0.6 is 0 Å². The van der Waals surface area contributed by atoms with Gasteiger partial charge in [0.1, 0.15) is 17.0 Å². The fourth-order valence-electron chi connectivity index (χ4n) is 4.77. The van der Waals surface area contributed by atoms with Crippen LogP contribution in [-0.2, 0) is 16.5 Å². The molecule has 10 heteroatoms. The molecule has 2 N–H and O–H groups in total. The molecule has 1 amide bonds. The zero-order valence-electron chi connectivity index (χ0n) is 19.5. The van der Waals surface area contributed by atoms with Crippen LogP contribution in [0, 0.1) is 12.3 Å². The van der Waals surface area contributed by atoms with E-state index in [1.807, 2.05) is 0 Å². The van der Waals surface area contributed by atoms with Crippen molar-refractivity contribution < 1.29 is 32.9 Å². The van der Waals surface area contributed by atoms with Gasteiger partial charge in [-0.05, 0) is 76.8 Å². The number of phenolic OH excluding ortho intramolecular Hbond substituents is 1. The smallest absolute Gasteiger partial charge is 0.416 e. The summed E-state index contributed by atoms with van der Waals surface area (Å²) < 4.78 is 44.2. The minimum Gasteiger partial charge on any atom is -0.507 e. The predicted octanol–water partition coefficient (Wildman–Crippen LogP) is 4.79. The first-order chi connectivity index (χ1) is 15.7. The third-order valence-corrected chi connectivity index (χ3v) is 6.56. The van der Waals surface area contributed by atoms with E-state index in [0.29, 0.717) is 49.7 Å². The average molecular weight is 479 g/mol. The third-order valence-electron chi connectivity index (χ3n) is 6.56. The van der Waals surface area contributed by atoms with E-state index in [9.17, 15) is 28.2 Å². The maximum atomic E-state index is 12.9. The van der Waals surface area contributed by atoms with E-state index in [2.05, 4.69) is 10.2 Å². The summed E-state index contributed by atoms with van der Waals surface area (Å²) in [4.78, 5) is 14.2. The maximum absolute atomic E-state index is 12.9. The fraction of sp³-hybridized carbons (Fsp3) is 0.542. The summed E-state index contributed by atoms with van der Waals surface area (Å²) in [7, 11) is 0. The van der Waals surface area contributed by atoms with Crippen LogP contribution < -0.4 is 0 Å². The fourth-order valence-corrected chi connectivity index (χ4v) is 4.77. The lowest BCUT2D eigenvalue weighted by Gasteiger charge is -2.36. The molecule has 34 heavy (non-hydrogen) atoms. The van der Waals surface area contributed by atoms with Crippen LogP contribution in [0.4, 0.5) is 18.0 Å². The van der Waals surface area contributed by atoms with E-state index in [4.69, 9.17) is 4.74 Å². The summed E-state index contributed by atoms with van der Waals surface area (Å²) in [5.74, 6) is -0.554. The largest absolute Gasteiger partial charge is 0.507 e. The molecule has 0 bridgehead atoms. The highest BCUT2D eigenvalue weighted by atomic mass is 19.4. The molecule has 184 valence electrons. The topological polar surface area (TPSA) is 95.8 Å². The molecule has 1 saturated carbocycles. The normalized spacial score (nSPS) is 24.9. The first-order valence-corrected chi connectivity index (χ1v) is 11.1. The Morgan fingerprint density at radius 2 is 1.88 bits per heavy atom. The molecule has 1 aromatic carbocycles. The number of aliphatic hydroxyl groups is 1. The molecule has 1 aliphatic carbocycles. The van der Waals surface area contributed by atoms with Gasteiger partial charge < -0.3 is 19.8 Å². The van der Waals surface area contributed by atoms with Crippen molar-refractivity contribution in [2.75, 3.05) is 13.1 Å². The lowest BCUT2D eigenvalue weighted by molar-refractivity contribution is -0.137. The van der Waals surface area contributed by atoms with Gasteiger partial charge in [0.2, 0.25) is 0 Å². The molecule has 1 aliphatic heterocycles. The summed E-state index contributed by atoms with van der Waals surface area (Å²) in [6.45, 7) is 7.96. The van der Waals surface area contributed by atoms with E-state index in [1.54, 1.807) is 38.7 Å². The number of carbonyl (C=O) groups excluding carboxylic acids is 1. The van der Waals surface area contributed by atoms with Gasteiger partial charge in [0.05, 0.1) is 17.0 Å². The van der Waals surface area contributed by atoms with Crippen molar-refractivity contribution in [1.82, 2.24) is 15.1 Å². The van der Waals surface area contributed by atoms with E-state index in [-0.39, 0.29) is 11.3 Å². The first kappa shape index (κ1) is 24.3. The van der Waals surface area contributed by atoms with Crippen molar-refractivity contribution in [2.24, 2.45) is 5.41 Å². The van der Waals surface area contributed by atoms with Gasteiger partial charge >= 0.3 is 12.3 Å². The molecule has 7 nitrogen and oxygen atoms in total. The Kier molecular flexibility index (Phi) is 5.58. The quantitative estimate of drug-likeness (QED) is 0.643. The standard InChI is InChI=1S/C24H28F3N3O4/c1-14-10-18(28-29-19(14)16-7-6-15(11-17(16)31)24(25,26)27)23(33)12-22(23)8-5-9-30(13-22)20(32)34-21(2,3)4/h6-7,10-11,31,33H,5,8-9,12-13H2,1-4H3/t22-,23+/m1/s1. The van der Waals surface area contributed by atoms with Gasteiger partial charge in [-0.25, -0.2) is 4.79 Å². The Hall–Kier alpha value is -2.88. The highest BCUT2D eigenvalue weighted by Gasteiger charge is 2.70. The number of benzene rings is 1. The zero-order chi connectivity index (χ0) is 25.1. The van der Waals surface area contributed by atoms with Crippen molar-refractivity contribution in [3.05, 3.63) is 41.1 Å². The number of aromatic nitrogens is 2. The third kappa shape index (κ3) is 4.31. The Bertz CT molecular complexity index is 1130. The number of carbonyl (C=O) groups is 1. The number of piperidine rings is 1. The molecule has 1 aromatic heterocycles. The van der Waals surface area contributed by atoms with Crippen LogP contribution in [0.5, 0.6) is 5.75 Å². The van der Waals surface area contributed by atoms with Crippen LogP contribution in [0.15, 0.2) is 24.3 Å². The number of hydrogen-bond acceptors (Lipinski definition) is 6. The van der Waals surface area contributed by atoms with E-state index in [1.165, 1.54) is 0 Å². The number of likely N-dealkylation sites (tertiary alicyclic amines) is 1. The molecule has 0 radical (unpaired) electrons. The number of aromatic hydroxyl groups is 1. The molecular weight excluding hydrogens is 451 g/mol. The molecular formula is C24H28F3N3O4. The Labute approximate surface area is 195 Å². The van der Waals surface area contributed by atoms with E-state index < -0.39 is 40.2 Å². The number of hydrogen-bond donors (Lipinski definition) is 2. The summed E-state index contributed by atoms with van der Waals surface area (Å²) in [5.41, 5.74) is -2.17. The Balaban J connectivity index is 1.56. The van der Waals surface area contributed by atoms with Crippen molar-refractivity contribution in [3.8, 4) is 17.0 Å². The Morgan fingerprint density at radius 3 is 2.47 bits per heavy atom. The first-order valence-electron chi connectivity index (χ1n) is 11.1. The van der Waals surface area contributed by atoms with Gasteiger partial charge in [0, 0.05) is 24.1 Å². The SMILES string of the molecule is Cc1cc([C@@]2(O)C[C@@]23CCCN(C(=O)OC(C)(C)C)C3)nnc1-c1ccc(C(F)(F)F)cc1O. The number of ether oxygens (including phenoxy) is 1. The van der Waals surface area contributed by atoms with Gasteiger partial charge in [0.25, 0.3) is 0 Å². The van der Waals surface area contributed by atoms with Crippen LogP contribution in [0.2, 0.25) is 0 Å². The second-order valence-corrected chi connectivity index (χ2v) is 10.3. The monoisotopic (exact) mass is 479 g/mol. The van der Waals surface area contributed by atoms with Crippen LogP contribution in [0.25, 0.3) is 11.3 Å². The van der Waals surface area contributed by atoms with Crippen molar-refractivity contribution in [1.29, 1.82) is 0 Å². The zero-order valence-corrected chi connectivity index (χ0v) is 19.5. The van der Waals surface area contributed by atoms with Crippen LogP contribution in [0.1, 0.15) is 56.9 Å². The van der Waals surface area contributed by atoms with Crippen molar-refractivity contribution >= 4 is 6.09 Å². The summed E-state index contributed by atoms with van der Waals surface area (Å²) in [5, 5.41) is 29.9. The van der Waals surface area contributed by atoms with Crippen molar-refractivity contribution in [3.63, 3.8) is 0 Å². The molecule has 2 aliphatic rings. The summed E-state index contributed by atoms with van der Waals surface area (Å²) in [6.07, 6.45) is -3.15. The van der Waals surface area contributed by atoms with Gasteiger partial charge in [-0.15, -0.1) is 5.10 Å². The van der Waals surface area contributed by atoms with Gasteiger partial charge in [-0.3, -0.25) is 0 Å². The van der Waals surface area contributed by atoms with Crippen LogP contribution in [0.3, 0.4) is 0 Å². The molecule has 4 rings (SSSR count). The molecule has 2 heterocycles. The second kappa shape index (κ2) is 7.83. The highest BCUT2D eigenvalue weighted by molar-refractivity contribution is 5.70. The number of aryl methyl sites for hydroxylation is 1. The maximum Gasteiger partial charge on any atom is 0.416 e. The van der Waals surface area contributed by atoms with E-state index in [0.717, 1.165) is 12.1 Å². The lowest BCUT2D eigenvalue weighted by Crippen LogP contribution is -2.45. The van der Waals surface area contributed by atoms with E-state index >= 15 is 0 Å². The number of halogens is 3. The number of phenols is 1. The number of rotatable bonds is 2. The summed E-state index contributed by atoms with van der Waals surface area (Å²) >= 11 is 0. The molecule has 0 unspecified atom stereocenters. The minimum atomic E-state index is -4.57. The number of alkyl halides is 3. The molecule has 1 spiro atoms. The molecule has 2 aromatic rings. The van der Waals surface area contributed by atoms with Gasteiger partial charge in [-0.2, -0.15) is 18.3 Å². The average Bonchev–Trinajstić information content (AvgIpc) is 3.29. The molecule has 1 saturated heterocycles. The van der Waals surface area contributed by atoms with Gasteiger partial charge in [0.15, 0.2) is 0 Å². The molecule has 2 fully saturated rings. The second-order valence-electron chi connectivity index (χ2n) is 10.3. The van der Waals surface area contributed by atoms with Crippen molar-refractivity contribution in [2.45, 2.75) is 64.3 Å². The minimum absolute atomic E-state index is 0.121.